The van der Waals surface area contributed by atoms with Crippen molar-refractivity contribution in [3.63, 3.8) is 0 Å². The highest BCUT2D eigenvalue weighted by Crippen LogP contribution is 2.35. The molecular weight excluding hydrogens is 176 g/mol. The minimum atomic E-state index is -0.534. The first-order chi connectivity index (χ1) is 6.83. The molecule has 2 N–H and O–H groups in total. The first kappa shape index (κ1) is 7.44. The molecule has 4 nitrogen and oxygen atoms in total. The Hall–Kier alpha value is -1.97. The summed E-state index contributed by atoms with van der Waals surface area (Å²) in [5, 5.41) is 0. The maximum absolute atomic E-state index is 5.84. The molecule has 1 unspecified atom stereocenters. The van der Waals surface area contributed by atoms with Crippen molar-refractivity contribution in [3.05, 3.63) is 35.7 Å². The molecule has 4 heteroatoms. The monoisotopic (exact) mass is 184 g/mol. The number of aliphatic imine (C=N–C) groups is 3. The molecule has 0 radical (unpaired) electrons. The van der Waals surface area contributed by atoms with Gasteiger partial charge in [0.05, 0.1) is 11.4 Å². The van der Waals surface area contributed by atoms with Gasteiger partial charge in [0.1, 0.15) is 12.1 Å². The number of hydrogen-bond donors (Lipinski definition) is 1. The van der Waals surface area contributed by atoms with Crippen LogP contribution in [0.4, 0.5) is 0 Å². The molecule has 1 spiro atoms. The van der Waals surface area contributed by atoms with E-state index in [0.717, 1.165) is 11.4 Å². The Morgan fingerprint density at radius 2 is 2.21 bits per heavy atom. The van der Waals surface area contributed by atoms with Crippen LogP contribution < -0.4 is 5.73 Å². The van der Waals surface area contributed by atoms with Gasteiger partial charge in [0.2, 0.25) is 0 Å². The summed E-state index contributed by atoms with van der Waals surface area (Å²) in [5.74, 6) is 0. The smallest absolute Gasteiger partial charge is 0.166 e. The Labute approximate surface area is 81.0 Å². The summed E-state index contributed by atoms with van der Waals surface area (Å²) in [6.07, 6.45) is 10.8. The summed E-state index contributed by atoms with van der Waals surface area (Å²) in [7, 11) is 0. The lowest BCUT2D eigenvalue weighted by atomic mass is 9.84. The Balaban J connectivity index is 2.28. The molecule has 68 valence electrons. The molecule has 0 aromatic rings. The largest absolute Gasteiger partial charge is 0.397 e. The zero-order valence-corrected chi connectivity index (χ0v) is 7.38. The van der Waals surface area contributed by atoms with Crippen LogP contribution in [-0.2, 0) is 0 Å². The quantitative estimate of drug-likeness (QED) is 0.588. The molecule has 14 heavy (non-hydrogen) atoms. The summed E-state index contributed by atoms with van der Waals surface area (Å²) in [6, 6.07) is 0. The Morgan fingerprint density at radius 3 is 3.14 bits per heavy atom. The van der Waals surface area contributed by atoms with Crippen molar-refractivity contribution in [2.45, 2.75) is 5.54 Å². The van der Waals surface area contributed by atoms with E-state index in [1.807, 2.05) is 24.3 Å². The van der Waals surface area contributed by atoms with Gasteiger partial charge in [-0.25, -0.2) is 9.98 Å². The van der Waals surface area contributed by atoms with Crippen LogP contribution in [0.25, 0.3) is 0 Å². The highest BCUT2D eigenvalue weighted by Gasteiger charge is 2.42. The lowest BCUT2D eigenvalue weighted by Crippen LogP contribution is -2.40. The summed E-state index contributed by atoms with van der Waals surface area (Å²) < 4.78 is 0. The third kappa shape index (κ3) is 0.706. The third-order valence-electron chi connectivity index (χ3n) is 2.53. The molecule has 0 fully saturated rings. The van der Waals surface area contributed by atoms with Gasteiger partial charge in [-0.1, -0.05) is 0 Å². The molecule has 0 aromatic heterocycles. The number of nitrogens with zero attached hydrogens (tertiary/aromatic N) is 3. The van der Waals surface area contributed by atoms with Gasteiger partial charge in [-0.05, 0) is 24.3 Å². The van der Waals surface area contributed by atoms with E-state index in [1.165, 1.54) is 0 Å². The van der Waals surface area contributed by atoms with Crippen LogP contribution in [0.15, 0.2) is 50.7 Å². The van der Waals surface area contributed by atoms with E-state index in [2.05, 4.69) is 15.0 Å². The normalized spacial score (nSPS) is 31.9. The average molecular weight is 184 g/mol. The zero-order chi connectivity index (χ0) is 9.60. The molecule has 3 aliphatic rings. The average Bonchev–Trinajstić information content (AvgIpc) is 2.62. The number of rotatable bonds is 0. The van der Waals surface area contributed by atoms with E-state index in [9.17, 15) is 0 Å². The van der Waals surface area contributed by atoms with Crippen molar-refractivity contribution < 1.29 is 0 Å². The molecule has 0 amide bonds. The van der Waals surface area contributed by atoms with Crippen LogP contribution in [-0.4, -0.2) is 23.8 Å². The maximum atomic E-state index is 5.84. The van der Waals surface area contributed by atoms with Crippen molar-refractivity contribution in [1.82, 2.24) is 0 Å². The van der Waals surface area contributed by atoms with Crippen molar-refractivity contribution in [2.75, 3.05) is 0 Å². The van der Waals surface area contributed by atoms with Crippen LogP contribution in [0.3, 0.4) is 0 Å². The van der Waals surface area contributed by atoms with E-state index in [1.54, 1.807) is 12.6 Å². The van der Waals surface area contributed by atoms with Gasteiger partial charge in [0, 0.05) is 6.21 Å². The van der Waals surface area contributed by atoms with Crippen LogP contribution in [0.2, 0.25) is 0 Å². The van der Waals surface area contributed by atoms with Gasteiger partial charge in [-0.15, -0.1) is 0 Å². The van der Waals surface area contributed by atoms with E-state index < -0.39 is 5.54 Å². The minimum absolute atomic E-state index is 0.534. The molecule has 0 saturated carbocycles. The van der Waals surface area contributed by atoms with Crippen molar-refractivity contribution in [2.24, 2.45) is 20.7 Å². The first-order valence-electron chi connectivity index (χ1n) is 4.35. The van der Waals surface area contributed by atoms with Gasteiger partial charge < -0.3 is 5.73 Å². The second-order valence-electron chi connectivity index (χ2n) is 3.30. The highest BCUT2D eigenvalue weighted by atomic mass is 15.1. The van der Waals surface area contributed by atoms with Crippen LogP contribution in [0, 0.1) is 0 Å². The number of dihydropyridines is 1. The Bertz CT molecular complexity index is 476. The third-order valence-corrected chi connectivity index (χ3v) is 2.53. The molecule has 2 aliphatic heterocycles. The van der Waals surface area contributed by atoms with E-state index >= 15 is 0 Å². The molecule has 3 rings (SSSR count). The highest BCUT2D eigenvalue weighted by molar-refractivity contribution is 6.17. The van der Waals surface area contributed by atoms with E-state index in [4.69, 9.17) is 5.73 Å². The van der Waals surface area contributed by atoms with Gasteiger partial charge >= 0.3 is 0 Å². The molecule has 1 atom stereocenters. The summed E-state index contributed by atoms with van der Waals surface area (Å²) in [4.78, 5) is 12.8. The Kier molecular flexibility index (Phi) is 1.21. The van der Waals surface area contributed by atoms with Gasteiger partial charge in [-0.2, -0.15) is 0 Å². The van der Waals surface area contributed by atoms with Gasteiger partial charge in [0.15, 0.2) is 5.54 Å². The number of hydrogen-bond acceptors (Lipinski definition) is 4. The minimum Gasteiger partial charge on any atom is -0.397 e. The van der Waals surface area contributed by atoms with Crippen molar-refractivity contribution in [3.8, 4) is 0 Å². The maximum Gasteiger partial charge on any atom is 0.166 e. The van der Waals surface area contributed by atoms with E-state index in [-0.39, 0.29) is 0 Å². The molecule has 0 saturated heterocycles. The van der Waals surface area contributed by atoms with Crippen molar-refractivity contribution >= 4 is 18.3 Å². The second-order valence-corrected chi connectivity index (χ2v) is 3.30. The fourth-order valence-electron chi connectivity index (χ4n) is 1.85. The molecule has 1 aliphatic carbocycles. The Morgan fingerprint density at radius 1 is 1.29 bits per heavy atom. The lowest BCUT2D eigenvalue weighted by Gasteiger charge is -2.29. The number of nitrogens with two attached hydrogens (primary N) is 1. The fourth-order valence-corrected chi connectivity index (χ4v) is 1.85. The SMILES string of the molecule is NC1=CC=C2N=CC=CC23N=CN=C13. The predicted molar refractivity (Wildman–Crippen MR) is 56.6 cm³/mol. The molecular formula is C10H8N4. The molecule has 2 heterocycles. The van der Waals surface area contributed by atoms with E-state index in [0.29, 0.717) is 5.70 Å². The van der Waals surface area contributed by atoms with Gasteiger partial charge in [-0.3, -0.25) is 4.99 Å². The van der Waals surface area contributed by atoms with Crippen LogP contribution >= 0.6 is 0 Å². The van der Waals surface area contributed by atoms with Crippen LogP contribution in [0.1, 0.15) is 0 Å². The van der Waals surface area contributed by atoms with Crippen molar-refractivity contribution in [1.29, 1.82) is 0 Å². The number of allylic oxidation sites excluding steroid dienone is 3. The first-order valence-corrected chi connectivity index (χ1v) is 4.35. The summed E-state index contributed by atoms with van der Waals surface area (Å²) >= 11 is 0. The fraction of sp³-hybridized carbons (Fsp3) is 0.100. The standard InChI is InChI=1S/C10H8N4/c11-7-2-3-8-10(4-1-5-12-8)9(7)13-6-14-10/h1-6H,11H2. The molecule has 0 aromatic carbocycles. The topological polar surface area (TPSA) is 63.1 Å². The summed E-state index contributed by atoms with van der Waals surface area (Å²) in [5.41, 5.74) is 7.62. The molecule has 0 bridgehead atoms. The van der Waals surface area contributed by atoms with Crippen LogP contribution in [0.5, 0.6) is 0 Å². The summed E-state index contributed by atoms with van der Waals surface area (Å²) in [6.45, 7) is 0. The lowest BCUT2D eigenvalue weighted by molar-refractivity contribution is 0.808. The van der Waals surface area contributed by atoms with Gasteiger partial charge in [0.25, 0.3) is 0 Å². The second kappa shape index (κ2) is 2.29. The predicted octanol–water partition coefficient (Wildman–Crippen LogP) is 0.589. The zero-order valence-electron chi connectivity index (χ0n) is 7.38.